The summed E-state index contributed by atoms with van der Waals surface area (Å²) >= 11 is 0. The van der Waals surface area contributed by atoms with Crippen molar-refractivity contribution < 1.29 is 4.42 Å². The minimum Gasteiger partial charge on any atom is -0.456 e. The second-order valence-corrected chi connectivity index (χ2v) is 17.6. The van der Waals surface area contributed by atoms with Crippen LogP contribution < -0.4 is 0 Å². The molecule has 14 aromatic rings. The van der Waals surface area contributed by atoms with E-state index in [0.717, 1.165) is 93.8 Å². The van der Waals surface area contributed by atoms with E-state index in [-0.39, 0.29) is 0 Å². The minimum absolute atomic E-state index is 0.536. The van der Waals surface area contributed by atoms with Crippen LogP contribution in [0.5, 0.6) is 0 Å². The third-order valence-corrected chi connectivity index (χ3v) is 13.6. The molecular formula is C63H39N5O. The Labute approximate surface area is 396 Å². The summed E-state index contributed by atoms with van der Waals surface area (Å²) in [5.41, 5.74) is 15.7. The Morgan fingerprint density at radius 3 is 1.51 bits per heavy atom. The maximum atomic E-state index is 6.49. The molecule has 6 heteroatoms. The zero-order chi connectivity index (χ0) is 45.4. The molecule has 0 N–H and O–H groups in total. The third-order valence-electron chi connectivity index (χ3n) is 13.6. The molecule has 10 aromatic carbocycles. The smallest absolute Gasteiger partial charge is 0.238 e. The Bertz CT molecular complexity index is 4280. The number of aromatic nitrogens is 5. The highest BCUT2D eigenvalue weighted by Crippen LogP contribution is 2.43. The molecule has 0 spiro atoms. The summed E-state index contributed by atoms with van der Waals surface area (Å²) < 4.78 is 11.1. The first-order chi connectivity index (χ1) is 34.2. The summed E-state index contributed by atoms with van der Waals surface area (Å²) in [7, 11) is 0. The molecule has 0 fully saturated rings. The molecule has 0 saturated carbocycles. The van der Waals surface area contributed by atoms with Gasteiger partial charge in [0.2, 0.25) is 5.95 Å². The Morgan fingerprint density at radius 1 is 0.290 bits per heavy atom. The van der Waals surface area contributed by atoms with Gasteiger partial charge in [-0.15, -0.1) is 0 Å². The van der Waals surface area contributed by atoms with E-state index in [2.05, 4.69) is 221 Å². The van der Waals surface area contributed by atoms with Crippen molar-refractivity contribution in [2.45, 2.75) is 0 Å². The molecule has 0 amide bonds. The zero-order valence-corrected chi connectivity index (χ0v) is 37.2. The van der Waals surface area contributed by atoms with Crippen LogP contribution in [-0.2, 0) is 0 Å². The quantitative estimate of drug-likeness (QED) is 0.160. The molecule has 0 unspecified atom stereocenters. The van der Waals surface area contributed by atoms with Crippen molar-refractivity contribution >= 4 is 65.6 Å². The number of benzene rings is 10. The summed E-state index contributed by atoms with van der Waals surface area (Å²) in [6.07, 6.45) is 0. The van der Waals surface area contributed by atoms with E-state index in [1.54, 1.807) is 0 Å². The summed E-state index contributed by atoms with van der Waals surface area (Å²) in [6.45, 7) is 0. The van der Waals surface area contributed by atoms with Gasteiger partial charge in [-0.2, -0.15) is 9.97 Å². The number of furan rings is 1. The van der Waals surface area contributed by atoms with Crippen molar-refractivity contribution in [2.75, 3.05) is 0 Å². The van der Waals surface area contributed by atoms with Crippen LogP contribution in [0.15, 0.2) is 241 Å². The third kappa shape index (κ3) is 6.30. The number of fused-ring (bicyclic) bond motifs is 10. The maximum Gasteiger partial charge on any atom is 0.238 e. The van der Waals surface area contributed by atoms with Crippen LogP contribution >= 0.6 is 0 Å². The van der Waals surface area contributed by atoms with Crippen molar-refractivity contribution in [1.82, 2.24) is 24.1 Å². The van der Waals surface area contributed by atoms with Crippen molar-refractivity contribution in [3.8, 4) is 67.8 Å². The molecule has 0 radical (unpaired) electrons. The Balaban J connectivity index is 1.01. The zero-order valence-electron chi connectivity index (χ0n) is 37.2. The predicted octanol–water partition coefficient (Wildman–Crippen LogP) is 16.3. The lowest BCUT2D eigenvalue weighted by Crippen LogP contribution is -2.06. The molecule has 0 saturated heterocycles. The number of rotatable bonds is 7. The highest BCUT2D eigenvalue weighted by atomic mass is 16.3. The molecule has 0 bridgehead atoms. The molecule has 14 rings (SSSR count). The van der Waals surface area contributed by atoms with E-state index in [4.69, 9.17) is 19.4 Å². The van der Waals surface area contributed by atoms with Gasteiger partial charge >= 0.3 is 0 Å². The molecule has 4 heterocycles. The summed E-state index contributed by atoms with van der Waals surface area (Å²) in [6, 6.07) is 83.3. The first-order valence-corrected chi connectivity index (χ1v) is 23.3. The van der Waals surface area contributed by atoms with Gasteiger partial charge in [-0.1, -0.05) is 176 Å². The van der Waals surface area contributed by atoms with Crippen molar-refractivity contribution in [2.24, 2.45) is 0 Å². The lowest BCUT2D eigenvalue weighted by Gasteiger charge is -2.12. The van der Waals surface area contributed by atoms with Gasteiger partial charge < -0.3 is 8.98 Å². The highest BCUT2D eigenvalue weighted by Gasteiger charge is 2.23. The Morgan fingerprint density at radius 2 is 0.812 bits per heavy atom. The number of para-hydroxylation sites is 2. The molecule has 6 nitrogen and oxygen atoms in total. The van der Waals surface area contributed by atoms with Gasteiger partial charge in [0.05, 0.1) is 22.1 Å². The molecule has 0 atom stereocenters. The first kappa shape index (κ1) is 38.8. The fourth-order valence-electron chi connectivity index (χ4n) is 10.5. The van der Waals surface area contributed by atoms with E-state index >= 15 is 0 Å². The standard InChI is InChI=1S/C63H39N5O/c1-4-16-40(17-5-1)42-30-32-44(33-31-42)61-64-62(46-34-37-56-51(39-46)58-48(26-15-29-57(58)69-56)43-20-8-3-9-21-43)66-63(65-61)68-53-28-13-11-25-50(53)60-55(68)36-35-54-59(60)49-24-10-12-27-52(49)67(54)47-23-14-22-45(38-47)41-18-6-2-7-19-41/h1-39H. The topological polar surface area (TPSA) is 61.7 Å². The van der Waals surface area contributed by atoms with Crippen LogP contribution in [0, 0.1) is 0 Å². The van der Waals surface area contributed by atoms with Crippen LogP contribution in [0.25, 0.3) is 133 Å². The van der Waals surface area contributed by atoms with E-state index in [1.807, 2.05) is 24.3 Å². The maximum absolute atomic E-state index is 6.49. The number of hydrogen-bond acceptors (Lipinski definition) is 4. The Hall–Kier alpha value is -9.39. The second-order valence-electron chi connectivity index (χ2n) is 17.6. The number of hydrogen-bond donors (Lipinski definition) is 0. The average Bonchev–Trinajstić information content (AvgIpc) is 4.09. The van der Waals surface area contributed by atoms with Crippen LogP contribution in [0.4, 0.5) is 0 Å². The van der Waals surface area contributed by atoms with E-state index in [1.165, 1.54) is 21.9 Å². The number of nitrogens with zero attached hydrogens (tertiary/aromatic N) is 5. The van der Waals surface area contributed by atoms with Gasteiger partial charge in [0.1, 0.15) is 11.2 Å². The fourth-order valence-corrected chi connectivity index (χ4v) is 10.5. The van der Waals surface area contributed by atoms with E-state index in [0.29, 0.717) is 17.6 Å². The fraction of sp³-hybridized carbons (Fsp3) is 0. The first-order valence-electron chi connectivity index (χ1n) is 23.3. The van der Waals surface area contributed by atoms with Gasteiger partial charge in [-0.05, 0) is 94.0 Å². The van der Waals surface area contributed by atoms with Gasteiger partial charge in [0.25, 0.3) is 0 Å². The second kappa shape index (κ2) is 15.6. The molecule has 322 valence electrons. The van der Waals surface area contributed by atoms with E-state index < -0.39 is 0 Å². The lowest BCUT2D eigenvalue weighted by atomic mass is 9.99. The largest absolute Gasteiger partial charge is 0.456 e. The van der Waals surface area contributed by atoms with Crippen LogP contribution in [0.1, 0.15) is 0 Å². The van der Waals surface area contributed by atoms with Gasteiger partial charge in [0.15, 0.2) is 11.6 Å². The molecular weight excluding hydrogens is 843 g/mol. The Kier molecular flexibility index (Phi) is 8.79. The summed E-state index contributed by atoms with van der Waals surface area (Å²) in [5, 5.41) is 6.69. The molecule has 0 aliphatic rings. The molecule has 69 heavy (non-hydrogen) atoms. The van der Waals surface area contributed by atoms with Gasteiger partial charge in [-0.25, -0.2) is 4.98 Å². The van der Waals surface area contributed by atoms with Crippen LogP contribution in [0.3, 0.4) is 0 Å². The molecule has 0 aliphatic heterocycles. The molecule has 0 aliphatic carbocycles. The van der Waals surface area contributed by atoms with Crippen molar-refractivity contribution in [3.63, 3.8) is 0 Å². The van der Waals surface area contributed by atoms with Crippen LogP contribution in [-0.4, -0.2) is 24.1 Å². The molecule has 4 aromatic heterocycles. The van der Waals surface area contributed by atoms with Crippen molar-refractivity contribution in [3.05, 3.63) is 237 Å². The summed E-state index contributed by atoms with van der Waals surface area (Å²) in [5.74, 6) is 1.69. The lowest BCUT2D eigenvalue weighted by molar-refractivity contribution is 0.669. The predicted molar refractivity (Wildman–Crippen MR) is 283 cm³/mol. The minimum atomic E-state index is 0.536. The van der Waals surface area contributed by atoms with Gasteiger partial charge in [-0.3, -0.25) is 4.57 Å². The highest BCUT2D eigenvalue weighted by molar-refractivity contribution is 6.29. The SMILES string of the molecule is c1ccc(-c2ccc(-c3nc(-c4ccc5oc6cccc(-c7ccccc7)c6c5c4)nc(-n4c5ccccc5c5c6c7ccccc7n(-c7cccc(-c8ccccc8)c7)c6ccc54)n3)cc2)cc1. The summed E-state index contributed by atoms with van der Waals surface area (Å²) in [4.78, 5) is 16.1. The van der Waals surface area contributed by atoms with Crippen molar-refractivity contribution in [1.29, 1.82) is 0 Å². The van der Waals surface area contributed by atoms with Gasteiger partial charge in [0, 0.05) is 49.1 Å². The van der Waals surface area contributed by atoms with E-state index in [9.17, 15) is 0 Å². The average molecular weight is 882 g/mol. The monoisotopic (exact) mass is 881 g/mol. The van der Waals surface area contributed by atoms with Crippen LogP contribution in [0.2, 0.25) is 0 Å². The normalized spacial score (nSPS) is 11.8.